The quantitative estimate of drug-likeness (QED) is 0.412. The van der Waals surface area contributed by atoms with E-state index in [-0.39, 0.29) is 17.6 Å². The predicted molar refractivity (Wildman–Crippen MR) is 139 cm³/mol. The summed E-state index contributed by atoms with van der Waals surface area (Å²) in [6.07, 6.45) is 5.38. The number of nitrogens with one attached hydrogen (secondary N) is 1. The summed E-state index contributed by atoms with van der Waals surface area (Å²) in [5.74, 6) is 0.237. The second kappa shape index (κ2) is 9.69. The van der Waals surface area contributed by atoms with Crippen molar-refractivity contribution < 1.29 is 9.53 Å². The highest BCUT2D eigenvalue weighted by molar-refractivity contribution is 8.26. The molecule has 7 nitrogen and oxygen atoms in total. The molecule has 9 heteroatoms. The molecular formula is C25H24N4O3S2. The van der Waals surface area contributed by atoms with Gasteiger partial charge in [-0.1, -0.05) is 60.4 Å². The van der Waals surface area contributed by atoms with Gasteiger partial charge < -0.3 is 10.1 Å². The molecule has 0 unspecified atom stereocenters. The molecule has 2 saturated heterocycles. The average molecular weight is 493 g/mol. The number of amides is 1. The normalized spacial score (nSPS) is 19.5. The van der Waals surface area contributed by atoms with E-state index in [0.717, 1.165) is 30.6 Å². The van der Waals surface area contributed by atoms with Gasteiger partial charge in [0, 0.05) is 19.3 Å². The van der Waals surface area contributed by atoms with E-state index in [1.165, 1.54) is 16.2 Å². The summed E-state index contributed by atoms with van der Waals surface area (Å²) in [5, 5.41) is 3.31. The van der Waals surface area contributed by atoms with Crippen LogP contribution < -0.4 is 10.9 Å². The second-order valence-electron chi connectivity index (χ2n) is 8.33. The SMILES string of the molecule is Cc1cccn2c(=O)c(/C=C3\SC(=S)N(Cc4ccccc4)C3=O)c(NC[C@@H]3CCCO3)nc12. The maximum Gasteiger partial charge on any atom is 0.267 e. The van der Waals surface area contributed by atoms with Gasteiger partial charge in [0.2, 0.25) is 0 Å². The third kappa shape index (κ3) is 4.51. The van der Waals surface area contributed by atoms with E-state index in [9.17, 15) is 9.59 Å². The molecule has 0 spiro atoms. The number of benzene rings is 1. The summed E-state index contributed by atoms with van der Waals surface area (Å²) in [6.45, 7) is 3.60. The van der Waals surface area contributed by atoms with Crippen LogP contribution in [0.1, 0.15) is 29.5 Å². The van der Waals surface area contributed by atoms with Gasteiger partial charge in [0.05, 0.1) is 23.1 Å². The van der Waals surface area contributed by atoms with Gasteiger partial charge in [-0.15, -0.1) is 0 Å². The van der Waals surface area contributed by atoms with Crippen LogP contribution in [0.25, 0.3) is 11.7 Å². The molecular weight excluding hydrogens is 468 g/mol. The molecule has 0 saturated carbocycles. The fourth-order valence-electron chi connectivity index (χ4n) is 4.13. The van der Waals surface area contributed by atoms with Crippen LogP contribution in [0.15, 0.2) is 58.4 Å². The Bertz CT molecular complexity index is 1350. The summed E-state index contributed by atoms with van der Waals surface area (Å²) in [4.78, 5) is 33.4. The molecule has 0 radical (unpaired) electrons. The summed E-state index contributed by atoms with van der Waals surface area (Å²) < 4.78 is 7.71. The van der Waals surface area contributed by atoms with Crippen molar-refractivity contribution >= 4 is 51.7 Å². The number of thioether (sulfide) groups is 1. The molecule has 174 valence electrons. The minimum absolute atomic E-state index is 0.0778. The van der Waals surface area contributed by atoms with Crippen molar-refractivity contribution in [3.63, 3.8) is 0 Å². The van der Waals surface area contributed by atoms with Gasteiger partial charge in [0.25, 0.3) is 11.5 Å². The van der Waals surface area contributed by atoms with Crippen LogP contribution in [-0.4, -0.2) is 43.8 Å². The highest BCUT2D eigenvalue weighted by Crippen LogP contribution is 2.34. The van der Waals surface area contributed by atoms with E-state index in [1.807, 2.05) is 49.4 Å². The van der Waals surface area contributed by atoms with Crippen LogP contribution in [0.2, 0.25) is 0 Å². The molecule has 34 heavy (non-hydrogen) atoms. The van der Waals surface area contributed by atoms with Crippen LogP contribution in [0, 0.1) is 6.92 Å². The number of aromatic nitrogens is 2. The molecule has 4 heterocycles. The largest absolute Gasteiger partial charge is 0.376 e. The Morgan fingerprint density at radius 1 is 1.24 bits per heavy atom. The predicted octanol–water partition coefficient (Wildman–Crippen LogP) is 4.00. The molecule has 1 aromatic carbocycles. The molecule has 1 N–H and O–H groups in total. The molecule has 0 bridgehead atoms. The van der Waals surface area contributed by atoms with Crippen molar-refractivity contribution in [1.29, 1.82) is 0 Å². The fourth-order valence-corrected chi connectivity index (χ4v) is 5.36. The number of pyridine rings is 1. The van der Waals surface area contributed by atoms with Gasteiger partial charge >= 0.3 is 0 Å². The molecule has 2 aliphatic heterocycles. The topological polar surface area (TPSA) is 75.9 Å². The molecule has 5 rings (SSSR count). The van der Waals surface area contributed by atoms with Gasteiger partial charge in [-0.05, 0) is 43.0 Å². The Morgan fingerprint density at radius 3 is 2.82 bits per heavy atom. The molecule has 1 amide bonds. The van der Waals surface area contributed by atoms with E-state index in [1.54, 1.807) is 17.2 Å². The van der Waals surface area contributed by atoms with Gasteiger partial charge in [-0.25, -0.2) is 4.98 Å². The minimum atomic E-state index is -0.239. The number of carbonyl (C=O) groups is 1. The van der Waals surface area contributed by atoms with E-state index < -0.39 is 0 Å². The Kier molecular flexibility index (Phi) is 6.49. The molecule has 2 aromatic heterocycles. The van der Waals surface area contributed by atoms with Crippen molar-refractivity contribution in [2.75, 3.05) is 18.5 Å². The van der Waals surface area contributed by atoms with Crippen molar-refractivity contribution in [1.82, 2.24) is 14.3 Å². The lowest BCUT2D eigenvalue weighted by Crippen LogP contribution is -2.27. The van der Waals surface area contributed by atoms with Crippen LogP contribution >= 0.6 is 24.0 Å². The highest BCUT2D eigenvalue weighted by atomic mass is 32.2. The standard InChI is InChI=1S/C25H24N4O3S2/c1-16-7-5-11-28-22(16)27-21(26-14-18-10-6-12-32-18)19(23(28)30)13-20-24(31)29(25(33)34-20)15-17-8-3-2-4-9-17/h2-5,7-9,11,13,18,26H,6,10,12,14-15H2,1H3/b20-13-/t18-/m0/s1. The number of nitrogens with zero attached hydrogens (tertiary/aromatic N) is 3. The fraction of sp³-hybridized carbons (Fsp3) is 0.280. The summed E-state index contributed by atoms with van der Waals surface area (Å²) in [6, 6.07) is 13.4. The van der Waals surface area contributed by atoms with Crippen molar-refractivity contribution in [3.8, 4) is 0 Å². The smallest absolute Gasteiger partial charge is 0.267 e. The van der Waals surface area contributed by atoms with Gasteiger partial charge in [0.1, 0.15) is 15.8 Å². The maximum atomic E-state index is 13.5. The number of thiocarbonyl (C=S) groups is 1. The lowest BCUT2D eigenvalue weighted by Gasteiger charge is -2.15. The highest BCUT2D eigenvalue weighted by Gasteiger charge is 2.32. The third-order valence-electron chi connectivity index (χ3n) is 5.94. The lowest BCUT2D eigenvalue weighted by molar-refractivity contribution is -0.122. The molecule has 0 aliphatic carbocycles. The first-order chi connectivity index (χ1) is 16.5. The first kappa shape index (κ1) is 22.8. The Hall–Kier alpha value is -3.01. The van der Waals surface area contributed by atoms with Gasteiger partial charge in [-0.3, -0.25) is 18.9 Å². The summed E-state index contributed by atoms with van der Waals surface area (Å²) in [7, 11) is 0. The van der Waals surface area contributed by atoms with Crippen LogP contribution in [-0.2, 0) is 16.1 Å². The van der Waals surface area contributed by atoms with E-state index in [4.69, 9.17) is 21.9 Å². The van der Waals surface area contributed by atoms with Crippen molar-refractivity contribution in [3.05, 3.63) is 80.6 Å². The number of hydrogen-bond acceptors (Lipinski definition) is 7. The minimum Gasteiger partial charge on any atom is -0.376 e. The Balaban J connectivity index is 1.52. The number of ether oxygens (including phenoxy) is 1. The van der Waals surface area contributed by atoms with E-state index >= 15 is 0 Å². The zero-order valence-corrected chi connectivity index (χ0v) is 20.3. The Labute approximate surface area is 206 Å². The van der Waals surface area contributed by atoms with Crippen molar-refractivity contribution in [2.24, 2.45) is 0 Å². The van der Waals surface area contributed by atoms with E-state index in [2.05, 4.69) is 5.32 Å². The summed E-state index contributed by atoms with van der Waals surface area (Å²) >= 11 is 6.70. The van der Waals surface area contributed by atoms with Crippen molar-refractivity contribution in [2.45, 2.75) is 32.4 Å². The zero-order chi connectivity index (χ0) is 23.7. The number of rotatable bonds is 6. The molecule has 3 aromatic rings. The monoisotopic (exact) mass is 492 g/mol. The number of hydrogen-bond donors (Lipinski definition) is 1. The van der Waals surface area contributed by atoms with Crippen LogP contribution in [0.4, 0.5) is 5.82 Å². The van der Waals surface area contributed by atoms with Gasteiger partial charge in [-0.2, -0.15) is 0 Å². The lowest BCUT2D eigenvalue weighted by atomic mass is 10.2. The molecule has 2 fully saturated rings. The zero-order valence-electron chi connectivity index (χ0n) is 18.7. The maximum absolute atomic E-state index is 13.5. The van der Waals surface area contributed by atoms with Crippen LogP contribution in [0.3, 0.4) is 0 Å². The molecule has 2 aliphatic rings. The van der Waals surface area contributed by atoms with E-state index in [0.29, 0.717) is 39.3 Å². The number of carbonyl (C=O) groups excluding carboxylic acids is 1. The number of fused-ring (bicyclic) bond motifs is 1. The first-order valence-electron chi connectivity index (χ1n) is 11.2. The number of anilines is 1. The Morgan fingerprint density at radius 2 is 2.06 bits per heavy atom. The first-order valence-corrected chi connectivity index (χ1v) is 12.4. The third-order valence-corrected chi connectivity index (χ3v) is 7.32. The second-order valence-corrected chi connectivity index (χ2v) is 10.0. The summed E-state index contributed by atoms with van der Waals surface area (Å²) in [5.41, 5.74) is 2.55. The molecule has 1 atom stereocenters. The average Bonchev–Trinajstić information content (AvgIpc) is 3.45. The van der Waals surface area contributed by atoms with Crippen LogP contribution in [0.5, 0.6) is 0 Å². The van der Waals surface area contributed by atoms with Gasteiger partial charge in [0.15, 0.2) is 0 Å². The number of aryl methyl sites for hydroxylation is 1.